The summed E-state index contributed by atoms with van der Waals surface area (Å²) in [5, 5.41) is 17.7. The molecule has 7 unspecified atom stereocenters. The highest BCUT2D eigenvalue weighted by Gasteiger charge is 2.39. The third kappa shape index (κ3) is 6.92. The Balaban J connectivity index is 1.61. The quantitative estimate of drug-likeness (QED) is 0.202. The first-order chi connectivity index (χ1) is 15.9. The summed E-state index contributed by atoms with van der Waals surface area (Å²) < 4.78 is 37.8. The first-order valence-corrected chi connectivity index (χ1v) is 13.3. The van der Waals surface area contributed by atoms with Gasteiger partial charge in [-0.05, 0) is 49.9 Å². The lowest BCUT2D eigenvalue weighted by Crippen LogP contribution is -2.55. The number of carbonyl (C=O) groups excluding carboxylic acids is 3. The molecule has 34 heavy (non-hydrogen) atoms. The fraction of sp³-hybridized carbons (Fsp3) is 0.773. The minimum absolute atomic E-state index is 0.00249. The molecule has 11 nitrogen and oxygen atoms in total. The summed E-state index contributed by atoms with van der Waals surface area (Å²) in [4.78, 5) is 37.4. The van der Waals surface area contributed by atoms with E-state index >= 15 is 0 Å². The molecule has 0 radical (unpaired) electrons. The number of hydrogen-bond acceptors (Lipinski definition) is 7. The van der Waals surface area contributed by atoms with E-state index in [2.05, 4.69) is 28.1 Å². The minimum Gasteiger partial charge on any atom is -0.449 e. The number of carbonyl (C=O) groups is 3. The van der Waals surface area contributed by atoms with Crippen molar-refractivity contribution < 1.29 is 37.2 Å². The van der Waals surface area contributed by atoms with Gasteiger partial charge in [0.15, 0.2) is 0 Å². The zero-order chi connectivity index (χ0) is 25.0. The molecule has 192 valence electrons. The fourth-order valence-corrected chi connectivity index (χ4v) is 5.66. The third-order valence-electron chi connectivity index (χ3n) is 6.84. The second-order valence-corrected chi connectivity index (χ2v) is 11.5. The molecule has 3 rings (SSSR count). The number of aliphatic hydroxyl groups excluding tert-OH is 1. The third-order valence-corrected chi connectivity index (χ3v) is 7.78. The molecule has 0 aromatic rings. The molecule has 0 aromatic carbocycles. The van der Waals surface area contributed by atoms with E-state index in [0.717, 1.165) is 12.8 Å². The standard InChI is InChI=1S/C22H35N3O8S/c1-12(2)7-17(25-22(29)33-11-16-9-13-3-4-14(16)8-13)20(27)24-18(21(28)34(30,31)32)10-15-5-6-23-19(15)26/h3-4,12-18,21,28H,5-11H2,1-2H3,(H,23,26)(H,24,27)(H,25,29)(H,30,31,32). The number of hydrogen-bond donors (Lipinski definition) is 5. The largest absolute Gasteiger partial charge is 0.449 e. The molecule has 2 fully saturated rings. The lowest BCUT2D eigenvalue weighted by atomic mass is 9.95. The monoisotopic (exact) mass is 501 g/mol. The Morgan fingerprint density at radius 3 is 2.50 bits per heavy atom. The normalized spacial score (nSPS) is 28.4. The number of aliphatic hydroxyl groups is 1. The SMILES string of the molecule is CC(C)CC(NC(=O)OCC1CC2C=CC1C2)C(=O)NC(CC1CCNC1=O)C(O)S(=O)(=O)O. The Labute approximate surface area is 199 Å². The summed E-state index contributed by atoms with van der Waals surface area (Å²) in [6.45, 7) is 4.34. The van der Waals surface area contributed by atoms with Crippen molar-refractivity contribution in [3.63, 3.8) is 0 Å². The molecular formula is C22H35N3O8S. The van der Waals surface area contributed by atoms with Gasteiger partial charge < -0.3 is 25.8 Å². The van der Waals surface area contributed by atoms with Crippen molar-refractivity contribution in [3.8, 4) is 0 Å². The Morgan fingerprint density at radius 1 is 1.24 bits per heavy atom. The van der Waals surface area contributed by atoms with Crippen LogP contribution in [-0.4, -0.2) is 66.7 Å². The molecule has 1 saturated heterocycles. The second kappa shape index (κ2) is 11.0. The van der Waals surface area contributed by atoms with E-state index in [4.69, 9.17) is 4.74 Å². The summed E-state index contributed by atoms with van der Waals surface area (Å²) in [6.07, 6.45) is 6.08. The zero-order valence-corrected chi connectivity index (χ0v) is 20.3. The van der Waals surface area contributed by atoms with Crippen molar-refractivity contribution in [2.75, 3.05) is 13.2 Å². The molecule has 1 saturated carbocycles. The average Bonchev–Trinajstić information content (AvgIpc) is 3.47. The van der Waals surface area contributed by atoms with Crippen molar-refractivity contribution in [2.24, 2.45) is 29.6 Å². The highest BCUT2D eigenvalue weighted by molar-refractivity contribution is 7.86. The van der Waals surface area contributed by atoms with Crippen LogP contribution in [-0.2, 0) is 24.4 Å². The molecule has 7 atom stereocenters. The van der Waals surface area contributed by atoms with Crippen LogP contribution in [0.3, 0.4) is 0 Å². The van der Waals surface area contributed by atoms with E-state index in [1.165, 1.54) is 0 Å². The lowest BCUT2D eigenvalue weighted by Gasteiger charge is -2.27. The van der Waals surface area contributed by atoms with Crippen LogP contribution in [0.1, 0.15) is 46.0 Å². The number of amides is 3. The van der Waals surface area contributed by atoms with Gasteiger partial charge in [-0.2, -0.15) is 8.42 Å². The average molecular weight is 502 g/mol. The van der Waals surface area contributed by atoms with Gasteiger partial charge >= 0.3 is 6.09 Å². The number of rotatable bonds is 11. The van der Waals surface area contributed by atoms with Crippen molar-refractivity contribution in [2.45, 2.75) is 63.5 Å². The predicted molar refractivity (Wildman–Crippen MR) is 122 cm³/mol. The van der Waals surface area contributed by atoms with E-state index in [-0.39, 0.29) is 37.2 Å². The predicted octanol–water partition coefficient (Wildman–Crippen LogP) is 0.557. The number of fused-ring (bicyclic) bond motifs is 2. The van der Waals surface area contributed by atoms with Gasteiger partial charge in [0.05, 0.1) is 12.6 Å². The van der Waals surface area contributed by atoms with E-state index < -0.39 is 45.6 Å². The maximum Gasteiger partial charge on any atom is 0.407 e. The van der Waals surface area contributed by atoms with Gasteiger partial charge in [-0.1, -0.05) is 26.0 Å². The summed E-state index contributed by atoms with van der Waals surface area (Å²) in [5.41, 5.74) is -2.32. The minimum atomic E-state index is -4.91. The molecule has 1 aliphatic heterocycles. The second-order valence-electron chi connectivity index (χ2n) is 10.00. The molecule has 3 amide bonds. The number of nitrogens with one attached hydrogen (secondary N) is 3. The molecule has 3 aliphatic rings. The van der Waals surface area contributed by atoms with E-state index in [1.54, 1.807) is 0 Å². The number of allylic oxidation sites excluding steroid dienone is 2. The molecule has 12 heteroatoms. The first kappa shape index (κ1) is 26.4. The van der Waals surface area contributed by atoms with Crippen LogP contribution in [0.15, 0.2) is 12.2 Å². The molecule has 2 bridgehead atoms. The van der Waals surface area contributed by atoms with Gasteiger partial charge in [-0.15, -0.1) is 0 Å². The van der Waals surface area contributed by atoms with Gasteiger partial charge in [0, 0.05) is 18.4 Å². The maximum atomic E-state index is 13.0. The summed E-state index contributed by atoms with van der Waals surface area (Å²) in [7, 11) is -4.91. The van der Waals surface area contributed by atoms with Crippen molar-refractivity contribution in [3.05, 3.63) is 12.2 Å². The van der Waals surface area contributed by atoms with Crippen LogP contribution in [0.5, 0.6) is 0 Å². The Morgan fingerprint density at radius 2 is 1.97 bits per heavy atom. The highest BCUT2D eigenvalue weighted by atomic mass is 32.2. The topological polar surface area (TPSA) is 171 Å². The maximum absolute atomic E-state index is 13.0. The number of ether oxygens (including phenoxy) is 1. The Kier molecular flexibility index (Phi) is 8.58. The van der Waals surface area contributed by atoms with Crippen LogP contribution in [0.25, 0.3) is 0 Å². The van der Waals surface area contributed by atoms with Gasteiger partial charge in [0.1, 0.15) is 6.04 Å². The van der Waals surface area contributed by atoms with Crippen molar-refractivity contribution in [1.82, 2.24) is 16.0 Å². The molecule has 0 aromatic heterocycles. The van der Waals surface area contributed by atoms with Gasteiger partial charge in [-0.25, -0.2) is 4.79 Å². The smallest absolute Gasteiger partial charge is 0.407 e. The van der Waals surface area contributed by atoms with E-state index in [0.29, 0.717) is 24.8 Å². The van der Waals surface area contributed by atoms with Crippen molar-refractivity contribution in [1.29, 1.82) is 0 Å². The lowest BCUT2D eigenvalue weighted by molar-refractivity contribution is -0.126. The summed E-state index contributed by atoms with van der Waals surface area (Å²) in [5.74, 6) is -0.490. The van der Waals surface area contributed by atoms with Crippen LogP contribution < -0.4 is 16.0 Å². The summed E-state index contributed by atoms with van der Waals surface area (Å²) >= 11 is 0. The van der Waals surface area contributed by atoms with Gasteiger partial charge in [-0.3, -0.25) is 14.1 Å². The van der Waals surface area contributed by atoms with Crippen LogP contribution in [0, 0.1) is 29.6 Å². The van der Waals surface area contributed by atoms with Crippen molar-refractivity contribution >= 4 is 28.0 Å². The van der Waals surface area contributed by atoms with Gasteiger partial charge in [0.2, 0.25) is 17.3 Å². The molecule has 1 heterocycles. The van der Waals surface area contributed by atoms with E-state index in [9.17, 15) is 32.5 Å². The fourth-order valence-electron chi connectivity index (χ4n) is 5.07. The highest BCUT2D eigenvalue weighted by Crippen LogP contribution is 2.43. The Hall–Kier alpha value is -2.18. The molecule has 5 N–H and O–H groups in total. The molecule has 0 spiro atoms. The molecular weight excluding hydrogens is 466 g/mol. The van der Waals surface area contributed by atoms with Crippen LogP contribution in [0.4, 0.5) is 4.79 Å². The first-order valence-electron chi connectivity index (χ1n) is 11.8. The molecule has 2 aliphatic carbocycles. The van der Waals surface area contributed by atoms with E-state index in [1.807, 2.05) is 13.8 Å². The zero-order valence-electron chi connectivity index (χ0n) is 19.5. The van der Waals surface area contributed by atoms with Gasteiger partial charge in [0.25, 0.3) is 10.1 Å². The Bertz CT molecular complexity index is 906. The van der Waals surface area contributed by atoms with Crippen LogP contribution in [0.2, 0.25) is 0 Å². The van der Waals surface area contributed by atoms with Crippen LogP contribution >= 0.6 is 0 Å². The number of alkyl carbamates (subject to hydrolysis) is 1. The summed E-state index contributed by atoms with van der Waals surface area (Å²) in [6, 6.07) is -2.49.